The van der Waals surface area contributed by atoms with E-state index in [4.69, 9.17) is 25.9 Å². The quantitative estimate of drug-likeness (QED) is 0.0980. The number of amides is 2. The van der Waals surface area contributed by atoms with Crippen LogP contribution in [0.4, 0.5) is 9.59 Å². The Balaban J connectivity index is 2.34. The number of alkyl carbamates (subject to hydrolysis) is 2. The lowest BCUT2D eigenvalue weighted by Gasteiger charge is -2.40. The molecular weight excluding hydrogens is 745 g/mol. The van der Waals surface area contributed by atoms with E-state index in [1.165, 1.54) is 25.7 Å². The molecule has 0 heterocycles. The zero-order valence-corrected chi connectivity index (χ0v) is 41.4. The van der Waals surface area contributed by atoms with Crippen molar-refractivity contribution in [2.75, 3.05) is 26.3 Å². The number of hydrogen-bond donors (Lipinski definition) is 2. The lowest BCUT2D eigenvalue weighted by molar-refractivity contribution is 0.0133. The molecule has 0 saturated heterocycles. The lowest BCUT2D eigenvalue weighted by atomic mass is 9.80. The van der Waals surface area contributed by atoms with Gasteiger partial charge < -0.3 is 36.6 Å². The molecule has 51 heavy (non-hydrogen) atoms. The van der Waals surface area contributed by atoms with Crippen molar-refractivity contribution in [1.82, 2.24) is 10.6 Å². The van der Waals surface area contributed by atoms with E-state index in [0.717, 1.165) is 36.8 Å². The molecule has 0 aromatic rings. The molecule has 10 nitrogen and oxygen atoms in total. The number of fused-ring (bicyclic) bond motifs is 2. The maximum atomic E-state index is 13.3. The first-order valence-corrected chi connectivity index (χ1v) is 38.4. The van der Waals surface area contributed by atoms with Crippen LogP contribution in [-0.4, -0.2) is 88.9 Å². The fourth-order valence-electron chi connectivity index (χ4n) is 8.39. The first kappa shape index (κ1) is 46.8. The predicted molar refractivity (Wildman–Crippen MR) is 225 cm³/mol. The highest BCUT2D eigenvalue weighted by molar-refractivity contribution is 6.88. The normalized spacial score (nSPS) is 20.4. The molecule has 2 bridgehead atoms. The Morgan fingerprint density at radius 1 is 0.608 bits per heavy atom. The molecule has 2 amide bonds. The van der Waals surface area contributed by atoms with Crippen LogP contribution in [-0.2, 0) is 25.9 Å². The van der Waals surface area contributed by atoms with Crippen molar-refractivity contribution in [3.8, 4) is 0 Å². The van der Waals surface area contributed by atoms with Gasteiger partial charge in [0, 0.05) is 18.5 Å². The van der Waals surface area contributed by atoms with E-state index >= 15 is 0 Å². The van der Waals surface area contributed by atoms with Gasteiger partial charge in [0.25, 0.3) is 0 Å². The topological polar surface area (TPSA) is 114 Å². The Morgan fingerprint density at radius 3 is 1.35 bits per heavy atom. The minimum atomic E-state index is -2.51. The highest BCUT2D eigenvalue weighted by atomic mass is 28.5. The first-order chi connectivity index (χ1) is 23.1. The van der Waals surface area contributed by atoms with Crippen molar-refractivity contribution in [2.45, 2.75) is 162 Å². The summed E-state index contributed by atoms with van der Waals surface area (Å²) in [5.41, 5.74) is -0.587. The Bertz CT molecular complexity index is 1030. The molecular formula is C35H78N2O8Si6. The zero-order valence-electron chi connectivity index (χ0n) is 35.4. The number of carbonyl (C=O) groups is 2. The summed E-state index contributed by atoms with van der Waals surface area (Å²) in [4.78, 5) is 26.0. The summed E-state index contributed by atoms with van der Waals surface area (Å²) in [6.45, 7) is 34.5. The van der Waals surface area contributed by atoms with Gasteiger partial charge in [0.05, 0.1) is 0 Å². The minimum absolute atomic E-state index is 0.155. The van der Waals surface area contributed by atoms with Crippen molar-refractivity contribution in [3.63, 3.8) is 0 Å². The molecule has 2 aliphatic carbocycles. The molecule has 0 aliphatic heterocycles. The van der Waals surface area contributed by atoms with E-state index in [9.17, 15) is 9.59 Å². The van der Waals surface area contributed by atoms with E-state index < -0.39 is 61.9 Å². The smallest absolute Gasteiger partial charge is 0.407 e. The summed E-state index contributed by atoms with van der Waals surface area (Å²) in [6, 6.07) is 1.65. The van der Waals surface area contributed by atoms with Gasteiger partial charge in [-0.1, -0.05) is 19.3 Å². The molecule has 2 rings (SSSR count). The van der Waals surface area contributed by atoms with Crippen molar-refractivity contribution in [1.29, 1.82) is 0 Å². The van der Waals surface area contributed by atoms with Gasteiger partial charge in [-0.15, -0.1) is 0 Å². The third kappa shape index (κ3) is 19.2. The maximum Gasteiger partial charge on any atom is 0.407 e. The summed E-state index contributed by atoms with van der Waals surface area (Å²) in [5, 5.41) is 5.88. The first-order valence-electron chi connectivity index (χ1n) is 19.8. The molecule has 0 spiro atoms. The fraction of sp³-hybridized carbons (Fsp3) is 0.943. The summed E-state index contributed by atoms with van der Waals surface area (Å²) in [5.74, 6) is 2.10. The third-order valence-corrected chi connectivity index (χ3v) is 28.7. The van der Waals surface area contributed by atoms with Crippen LogP contribution in [0.25, 0.3) is 0 Å². The molecule has 3 atom stereocenters. The van der Waals surface area contributed by atoms with Crippen LogP contribution >= 0.6 is 0 Å². The summed E-state index contributed by atoms with van der Waals surface area (Å²) < 4.78 is 39.4. The third-order valence-electron chi connectivity index (χ3n) is 9.50. The van der Waals surface area contributed by atoms with Gasteiger partial charge in [0.2, 0.25) is 0 Å². The number of hydrogen-bond acceptors (Lipinski definition) is 8. The van der Waals surface area contributed by atoms with E-state index in [2.05, 4.69) is 102 Å². The van der Waals surface area contributed by atoms with E-state index in [0.29, 0.717) is 31.8 Å². The molecule has 16 heteroatoms. The SMILES string of the molecule is CCNC(=O)OCC(CCC[Si](C)(O[Si](C)(C)C)O[Si](C)(C)C)(CCC[Si](C)(O[Si](C)(C)C)O[Si](C)(C)C)COC(=O)NCC1CC2CCC1C2. The monoisotopic (exact) mass is 822 g/mol. The van der Waals surface area contributed by atoms with Crippen molar-refractivity contribution >= 4 is 62.6 Å². The average molecular weight is 824 g/mol. The lowest BCUT2D eigenvalue weighted by Crippen LogP contribution is -2.52. The Labute approximate surface area is 319 Å². The van der Waals surface area contributed by atoms with E-state index in [1.54, 1.807) is 0 Å². The summed E-state index contributed by atoms with van der Waals surface area (Å²) in [6.07, 6.45) is 7.35. The maximum absolute atomic E-state index is 13.3. The zero-order chi connectivity index (χ0) is 38.9. The molecule has 2 fully saturated rings. The fourth-order valence-corrected chi connectivity index (χ4v) is 33.5. The summed E-state index contributed by atoms with van der Waals surface area (Å²) in [7, 11) is -12.5. The van der Waals surface area contributed by atoms with E-state index in [-0.39, 0.29) is 19.3 Å². The van der Waals surface area contributed by atoms with Gasteiger partial charge in [-0.25, -0.2) is 9.59 Å². The minimum Gasteiger partial charge on any atom is -0.449 e. The van der Waals surface area contributed by atoms with Crippen LogP contribution < -0.4 is 10.6 Å². The Morgan fingerprint density at radius 2 is 1.02 bits per heavy atom. The molecule has 3 unspecified atom stereocenters. The largest absolute Gasteiger partial charge is 0.449 e. The molecule has 2 saturated carbocycles. The molecule has 2 aliphatic rings. The second-order valence-electron chi connectivity index (χ2n) is 19.8. The highest BCUT2D eigenvalue weighted by Crippen LogP contribution is 2.48. The van der Waals surface area contributed by atoms with Crippen LogP contribution in [0.15, 0.2) is 0 Å². The standard InChI is InChI=1S/C35H78N2O8Si6/c1-16-36-33(38)40-28-35(21-17-23-50(14,42-46(2,3)4)43-47(5,6)7,22-18-24-51(15,44-48(8,9)10)45-49(11,12)13)29-41-34(39)37-27-32-26-30-19-20-31(32)25-30/h30-32H,16-29H2,1-15H3,(H,36,38)(H,37,39). The second-order valence-corrected chi connectivity index (χ2v) is 45.5. The van der Waals surface area contributed by atoms with Crippen LogP contribution in [0, 0.1) is 23.2 Å². The van der Waals surface area contributed by atoms with Gasteiger partial charge >= 0.3 is 29.3 Å². The second kappa shape index (κ2) is 19.0. The van der Waals surface area contributed by atoms with Gasteiger partial charge in [-0.05, 0) is 161 Å². The Hall–Kier alpha value is -0.319. The van der Waals surface area contributed by atoms with Crippen molar-refractivity contribution in [3.05, 3.63) is 0 Å². The van der Waals surface area contributed by atoms with Crippen LogP contribution in [0.1, 0.15) is 58.3 Å². The predicted octanol–water partition coefficient (Wildman–Crippen LogP) is 9.99. The van der Waals surface area contributed by atoms with Gasteiger partial charge in [-0.2, -0.15) is 0 Å². The van der Waals surface area contributed by atoms with Crippen LogP contribution in [0.3, 0.4) is 0 Å². The molecule has 0 radical (unpaired) electrons. The number of rotatable bonds is 23. The Kier molecular flexibility index (Phi) is 17.5. The summed E-state index contributed by atoms with van der Waals surface area (Å²) >= 11 is 0. The number of nitrogens with one attached hydrogen (secondary N) is 2. The van der Waals surface area contributed by atoms with Crippen molar-refractivity contribution in [2.24, 2.45) is 23.2 Å². The highest BCUT2D eigenvalue weighted by Gasteiger charge is 2.44. The van der Waals surface area contributed by atoms with Crippen LogP contribution in [0.2, 0.25) is 104 Å². The van der Waals surface area contributed by atoms with E-state index in [1.807, 2.05) is 6.92 Å². The molecule has 2 N–H and O–H groups in total. The van der Waals surface area contributed by atoms with Gasteiger partial charge in [-0.3, -0.25) is 0 Å². The van der Waals surface area contributed by atoms with Gasteiger partial charge in [0.15, 0.2) is 33.3 Å². The van der Waals surface area contributed by atoms with Crippen LogP contribution in [0.5, 0.6) is 0 Å². The van der Waals surface area contributed by atoms with Gasteiger partial charge in [0.1, 0.15) is 13.2 Å². The number of carbonyl (C=O) groups excluding carboxylic acids is 2. The molecule has 300 valence electrons. The average Bonchev–Trinajstić information content (AvgIpc) is 3.53. The molecule has 0 aromatic heterocycles. The number of ether oxygens (including phenoxy) is 2. The van der Waals surface area contributed by atoms with Crippen molar-refractivity contribution < 1.29 is 35.5 Å². The molecule has 0 aromatic carbocycles.